The van der Waals surface area contributed by atoms with Crippen LogP contribution in [0.1, 0.15) is 68.1 Å². The van der Waals surface area contributed by atoms with Crippen molar-refractivity contribution in [3.05, 3.63) is 47.4 Å². The quantitative estimate of drug-likeness (QED) is 0.548. The first-order chi connectivity index (χ1) is 15.2. The molecule has 32 heavy (non-hydrogen) atoms. The van der Waals surface area contributed by atoms with Crippen molar-refractivity contribution in [1.29, 1.82) is 0 Å². The van der Waals surface area contributed by atoms with Gasteiger partial charge in [-0.1, -0.05) is 20.3 Å². The minimum absolute atomic E-state index is 0.0222. The molecule has 3 N–H and O–H groups in total. The minimum atomic E-state index is -0.593. The normalized spacial score (nSPS) is 18.2. The molecule has 4 heterocycles. The fraction of sp³-hybridized carbons (Fsp3) is 0.417. The van der Waals surface area contributed by atoms with Crippen molar-refractivity contribution < 1.29 is 14.3 Å². The van der Waals surface area contributed by atoms with Gasteiger partial charge < -0.3 is 20.5 Å². The predicted octanol–water partition coefficient (Wildman–Crippen LogP) is 4.41. The summed E-state index contributed by atoms with van der Waals surface area (Å²) in [5.41, 5.74) is 7.94. The Balaban J connectivity index is 1.72. The molecule has 3 aromatic rings. The van der Waals surface area contributed by atoms with E-state index < -0.39 is 5.54 Å². The van der Waals surface area contributed by atoms with E-state index in [1.54, 1.807) is 31.6 Å². The smallest absolute Gasteiger partial charge is 0.340 e. The standard InChI is InChI=1S/C24H29N5O3/c1-6-7-18-13(2)21-14(23(30)32-18)8-9-19(29-21)28-20-10-15-16(11-26-20)22(31-5)27-12-17(15)24(3,4)25/h8-13,18H,6-7,25H2,1-5H3,(H,26,28,29)/t13-,18+/m1/s1. The number of cyclic esters (lactones) is 1. The van der Waals surface area contributed by atoms with Crippen LogP contribution in [-0.4, -0.2) is 34.1 Å². The van der Waals surface area contributed by atoms with Crippen LogP contribution in [0.15, 0.2) is 30.6 Å². The average Bonchev–Trinajstić information content (AvgIpc) is 2.75. The highest BCUT2D eigenvalue weighted by Gasteiger charge is 2.33. The number of ether oxygens (including phenoxy) is 2. The number of nitrogens with two attached hydrogens (primary N) is 1. The van der Waals surface area contributed by atoms with Gasteiger partial charge in [0.05, 0.1) is 23.8 Å². The highest BCUT2D eigenvalue weighted by Crippen LogP contribution is 2.35. The summed E-state index contributed by atoms with van der Waals surface area (Å²) in [6.45, 7) is 7.99. The highest BCUT2D eigenvalue weighted by molar-refractivity contribution is 5.93. The average molecular weight is 436 g/mol. The summed E-state index contributed by atoms with van der Waals surface area (Å²) in [4.78, 5) is 26.0. The van der Waals surface area contributed by atoms with Crippen molar-refractivity contribution in [3.8, 4) is 5.88 Å². The van der Waals surface area contributed by atoms with Crippen molar-refractivity contribution in [1.82, 2.24) is 15.0 Å². The zero-order valence-electron chi connectivity index (χ0n) is 19.1. The number of hydrogen-bond acceptors (Lipinski definition) is 8. The predicted molar refractivity (Wildman–Crippen MR) is 123 cm³/mol. The van der Waals surface area contributed by atoms with E-state index >= 15 is 0 Å². The number of anilines is 2. The van der Waals surface area contributed by atoms with Crippen LogP contribution in [0.3, 0.4) is 0 Å². The van der Waals surface area contributed by atoms with Crippen LogP contribution in [0.2, 0.25) is 0 Å². The van der Waals surface area contributed by atoms with E-state index in [1.807, 2.05) is 26.8 Å². The molecule has 3 aromatic heterocycles. The Labute approximate surface area is 187 Å². The summed E-state index contributed by atoms with van der Waals surface area (Å²) in [6, 6.07) is 5.44. The second kappa shape index (κ2) is 8.35. The van der Waals surface area contributed by atoms with Crippen LogP contribution in [0.5, 0.6) is 5.88 Å². The molecule has 0 amide bonds. The number of rotatable bonds is 6. The van der Waals surface area contributed by atoms with Crippen LogP contribution in [-0.2, 0) is 10.3 Å². The number of aromatic nitrogens is 3. The highest BCUT2D eigenvalue weighted by atomic mass is 16.5. The van der Waals surface area contributed by atoms with Gasteiger partial charge in [-0.05, 0) is 49.4 Å². The van der Waals surface area contributed by atoms with Crippen molar-refractivity contribution >= 4 is 28.4 Å². The molecule has 1 aliphatic rings. The number of nitrogens with zero attached hydrogens (tertiary/aromatic N) is 3. The summed E-state index contributed by atoms with van der Waals surface area (Å²) in [7, 11) is 1.58. The van der Waals surface area contributed by atoms with Crippen molar-refractivity contribution in [2.24, 2.45) is 5.73 Å². The van der Waals surface area contributed by atoms with Crippen molar-refractivity contribution in [2.75, 3.05) is 12.4 Å². The third-order valence-corrected chi connectivity index (χ3v) is 5.84. The maximum absolute atomic E-state index is 12.4. The third kappa shape index (κ3) is 3.98. The Morgan fingerprint density at radius 2 is 1.97 bits per heavy atom. The summed E-state index contributed by atoms with van der Waals surface area (Å²) in [5.74, 6) is 1.43. The SMILES string of the molecule is CCC[C@@H]1OC(=O)c2ccc(Nc3cc4c(C(C)(C)N)cnc(OC)c4cn3)nc2[C@@H]1C. The van der Waals surface area contributed by atoms with Crippen LogP contribution >= 0.6 is 0 Å². The van der Waals surface area contributed by atoms with Gasteiger partial charge in [0, 0.05) is 23.9 Å². The van der Waals surface area contributed by atoms with Crippen molar-refractivity contribution in [3.63, 3.8) is 0 Å². The van der Waals surface area contributed by atoms with Gasteiger partial charge in [-0.2, -0.15) is 0 Å². The molecule has 0 bridgehead atoms. The fourth-order valence-electron chi connectivity index (χ4n) is 4.12. The summed E-state index contributed by atoms with van der Waals surface area (Å²) in [5, 5.41) is 4.95. The molecular weight excluding hydrogens is 406 g/mol. The first kappa shape index (κ1) is 22.0. The molecule has 0 aliphatic carbocycles. The summed E-state index contributed by atoms with van der Waals surface area (Å²) >= 11 is 0. The Hall–Kier alpha value is -3.26. The van der Waals surface area contributed by atoms with Gasteiger partial charge in [-0.15, -0.1) is 0 Å². The summed E-state index contributed by atoms with van der Waals surface area (Å²) < 4.78 is 11.0. The molecule has 0 radical (unpaired) electrons. The number of carbonyl (C=O) groups excluding carboxylic acids is 1. The van der Waals surface area contributed by atoms with Gasteiger partial charge in [-0.3, -0.25) is 0 Å². The van der Waals surface area contributed by atoms with E-state index in [0.717, 1.165) is 34.9 Å². The second-order valence-electron chi connectivity index (χ2n) is 8.79. The maximum atomic E-state index is 12.4. The lowest BCUT2D eigenvalue weighted by Gasteiger charge is -2.30. The molecule has 1 aliphatic heterocycles. The molecule has 8 heteroatoms. The van der Waals surface area contributed by atoms with E-state index in [4.69, 9.17) is 20.2 Å². The van der Waals surface area contributed by atoms with Crippen LogP contribution in [0.4, 0.5) is 11.6 Å². The Morgan fingerprint density at radius 1 is 1.19 bits per heavy atom. The molecule has 168 valence electrons. The molecular formula is C24H29N5O3. The fourth-order valence-corrected chi connectivity index (χ4v) is 4.12. The Morgan fingerprint density at radius 3 is 2.66 bits per heavy atom. The van der Waals surface area contributed by atoms with Gasteiger partial charge in [0.25, 0.3) is 0 Å². The number of carbonyl (C=O) groups is 1. The maximum Gasteiger partial charge on any atom is 0.340 e. The van der Waals surface area contributed by atoms with Gasteiger partial charge in [0.1, 0.15) is 17.7 Å². The lowest BCUT2D eigenvalue weighted by molar-refractivity contribution is 0.0160. The first-order valence-corrected chi connectivity index (χ1v) is 10.8. The van der Waals surface area contributed by atoms with Crippen LogP contribution < -0.4 is 15.8 Å². The van der Waals surface area contributed by atoms with Gasteiger partial charge >= 0.3 is 5.97 Å². The van der Waals surface area contributed by atoms with Gasteiger partial charge in [-0.25, -0.2) is 19.7 Å². The Bertz CT molecular complexity index is 1170. The number of methoxy groups -OCH3 is 1. The largest absolute Gasteiger partial charge is 0.481 e. The van der Waals surface area contributed by atoms with E-state index in [9.17, 15) is 4.79 Å². The summed E-state index contributed by atoms with van der Waals surface area (Å²) in [6.07, 6.45) is 5.05. The second-order valence-corrected chi connectivity index (χ2v) is 8.79. The number of esters is 1. The molecule has 0 aromatic carbocycles. The van der Waals surface area contributed by atoms with E-state index in [1.165, 1.54) is 0 Å². The zero-order valence-corrected chi connectivity index (χ0v) is 19.1. The molecule has 0 fully saturated rings. The van der Waals surface area contributed by atoms with Crippen LogP contribution in [0.25, 0.3) is 10.8 Å². The molecule has 8 nitrogen and oxygen atoms in total. The van der Waals surface area contributed by atoms with E-state index in [2.05, 4.69) is 22.2 Å². The number of hydrogen-bond donors (Lipinski definition) is 2. The lowest BCUT2D eigenvalue weighted by Crippen LogP contribution is -2.31. The first-order valence-electron chi connectivity index (χ1n) is 10.8. The topological polar surface area (TPSA) is 112 Å². The van der Waals surface area contributed by atoms with Crippen LogP contribution in [0, 0.1) is 0 Å². The van der Waals surface area contributed by atoms with E-state index in [0.29, 0.717) is 23.1 Å². The van der Waals surface area contributed by atoms with Gasteiger partial charge in [0.15, 0.2) is 0 Å². The molecule has 0 spiro atoms. The third-order valence-electron chi connectivity index (χ3n) is 5.84. The lowest BCUT2D eigenvalue weighted by atomic mass is 9.91. The molecule has 0 saturated carbocycles. The number of pyridine rings is 3. The molecule has 0 unspecified atom stereocenters. The molecule has 0 saturated heterocycles. The molecule has 2 atom stereocenters. The number of fused-ring (bicyclic) bond motifs is 2. The molecule has 4 rings (SSSR count). The zero-order chi connectivity index (χ0) is 23.0. The van der Waals surface area contributed by atoms with E-state index in [-0.39, 0.29) is 18.0 Å². The number of nitrogens with one attached hydrogen (secondary N) is 1. The monoisotopic (exact) mass is 435 g/mol. The van der Waals surface area contributed by atoms with Gasteiger partial charge in [0.2, 0.25) is 5.88 Å². The Kier molecular flexibility index (Phi) is 5.73. The minimum Gasteiger partial charge on any atom is -0.481 e. The van der Waals surface area contributed by atoms with Crippen molar-refractivity contribution in [2.45, 2.75) is 58.1 Å².